The van der Waals surface area contributed by atoms with Crippen molar-refractivity contribution in [1.82, 2.24) is 0 Å². The number of halogens is 1. The van der Waals surface area contributed by atoms with E-state index in [0.717, 1.165) is 25.1 Å². The zero-order chi connectivity index (χ0) is 11.5. The molecule has 0 saturated carbocycles. The van der Waals surface area contributed by atoms with Crippen molar-refractivity contribution in [2.75, 3.05) is 17.7 Å². The first-order chi connectivity index (χ1) is 7.66. The molecule has 0 aromatic heterocycles. The fraction of sp³-hybridized carbons (Fsp3) is 0.500. The van der Waals surface area contributed by atoms with Crippen molar-refractivity contribution in [3.05, 3.63) is 23.2 Å². The summed E-state index contributed by atoms with van der Waals surface area (Å²) in [5.41, 5.74) is 7.48. The molecule has 1 heterocycles. The van der Waals surface area contributed by atoms with Gasteiger partial charge in [-0.1, -0.05) is 11.6 Å². The lowest BCUT2D eigenvalue weighted by atomic mass is 10.1. The molecular weight excluding hydrogens is 224 g/mol. The van der Waals surface area contributed by atoms with Gasteiger partial charge in [0.1, 0.15) is 0 Å². The summed E-state index contributed by atoms with van der Waals surface area (Å²) in [5.74, 6) is 0. The summed E-state index contributed by atoms with van der Waals surface area (Å²) in [6.07, 6.45) is 2.55. The fourth-order valence-electron chi connectivity index (χ4n) is 2.00. The zero-order valence-corrected chi connectivity index (χ0v) is 10.1. The third kappa shape index (κ3) is 2.60. The molecule has 2 rings (SSSR count). The number of benzene rings is 1. The van der Waals surface area contributed by atoms with Gasteiger partial charge in [-0.2, -0.15) is 0 Å². The average Bonchev–Trinajstić information content (AvgIpc) is 2.75. The molecule has 1 aromatic rings. The van der Waals surface area contributed by atoms with Gasteiger partial charge in [-0.15, -0.1) is 0 Å². The fourth-order valence-corrected chi connectivity index (χ4v) is 2.18. The number of nitrogen functional groups attached to an aromatic ring is 1. The number of hydrogen-bond donors (Lipinski definition) is 2. The molecule has 2 atom stereocenters. The Bertz CT molecular complexity index is 364. The lowest BCUT2D eigenvalue weighted by Gasteiger charge is -2.22. The largest absolute Gasteiger partial charge is 0.397 e. The number of anilines is 2. The van der Waals surface area contributed by atoms with Crippen LogP contribution in [0.15, 0.2) is 18.2 Å². The molecule has 3 N–H and O–H groups in total. The van der Waals surface area contributed by atoms with Crippen LogP contribution in [0.25, 0.3) is 0 Å². The van der Waals surface area contributed by atoms with Crippen molar-refractivity contribution in [2.24, 2.45) is 0 Å². The molecule has 1 saturated heterocycles. The van der Waals surface area contributed by atoms with E-state index in [1.165, 1.54) is 0 Å². The minimum Gasteiger partial charge on any atom is -0.397 e. The predicted octanol–water partition coefficient (Wildman–Crippen LogP) is 2.90. The van der Waals surface area contributed by atoms with E-state index in [4.69, 9.17) is 22.1 Å². The third-order valence-electron chi connectivity index (χ3n) is 2.92. The van der Waals surface area contributed by atoms with E-state index in [1.54, 1.807) is 6.07 Å². The monoisotopic (exact) mass is 240 g/mol. The van der Waals surface area contributed by atoms with Crippen molar-refractivity contribution >= 4 is 23.0 Å². The van der Waals surface area contributed by atoms with Gasteiger partial charge in [0.25, 0.3) is 0 Å². The smallest absolute Gasteiger partial charge is 0.0774 e. The average molecular weight is 241 g/mol. The Balaban J connectivity index is 2.02. The molecular formula is C12H17ClN2O. The van der Waals surface area contributed by atoms with Gasteiger partial charge in [0, 0.05) is 17.7 Å². The molecule has 3 nitrogen and oxygen atoms in total. The summed E-state index contributed by atoms with van der Waals surface area (Å²) in [6.45, 7) is 2.98. The number of hydrogen-bond acceptors (Lipinski definition) is 3. The predicted molar refractivity (Wildman–Crippen MR) is 67.9 cm³/mol. The molecule has 1 aliphatic heterocycles. The molecule has 1 aliphatic rings. The van der Waals surface area contributed by atoms with Crippen LogP contribution in [-0.4, -0.2) is 18.8 Å². The summed E-state index contributed by atoms with van der Waals surface area (Å²) in [4.78, 5) is 0. The van der Waals surface area contributed by atoms with Gasteiger partial charge in [0.05, 0.1) is 17.5 Å². The number of rotatable bonds is 3. The highest BCUT2D eigenvalue weighted by Crippen LogP contribution is 2.25. The molecule has 0 amide bonds. The third-order valence-corrected chi connectivity index (χ3v) is 3.15. The van der Waals surface area contributed by atoms with Crippen LogP contribution in [0.3, 0.4) is 0 Å². The van der Waals surface area contributed by atoms with Crippen LogP contribution in [-0.2, 0) is 4.74 Å². The van der Waals surface area contributed by atoms with Gasteiger partial charge in [-0.3, -0.25) is 0 Å². The van der Waals surface area contributed by atoms with Crippen LogP contribution in [0.2, 0.25) is 5.02 Å². The molecule has 0 radical (unpaired) electrons. The zero-order valence-electron chi connectivity index (χ0n) is 9.37. The molecule has 0 bridgehead atoms. The Morgan fingerprint density at radius 2 is 2.38 bits per heavy atom. The molecule has 16 heavy (non-hydrogen) atoms. The summed E-state index contributed by atoms with van der Waals surface area (Å²) >= 11 is 5.85. The first-order valence-corrected chi connectivity index (χ1v) is 5.98. The summed E-state index contributed by atoms with van der Waals surface area (Å²) in [7, 11) is 0. The minimum absolute atomic E-state index is 0.269. The molecule has 0 aliphatic carbocycles. The van der Waals surface area contributed by atoms with Crippen LogP contribution in [0.4, 0.5) is 11.4 Å². The molecule has 88 valence electrons. The second-order valence-corrected chi connectivity index (χ2v) is 4.65. The maximum atomic E-state index is 5.88. The van der Waals surface area contributed by atoms with E-state index < -0.39 is 0 Å². The molecule has 1 fully saturated rings. The highest BCUT2D eigenvalue weighted by Gasteiger charge is 2.22. The van der Waals surface area contributed by atoms with E-state index >= 15 is 0 Å². The van der Waals surface area contributed by atoms with E-state index in [9.17, 15) is 0 Å². The number of ether oxygens (including phenoxy) is 1. The van der Waals surface area contributed by atoms with E-state index in [1.807, 2.05) is 12.1 Å². The van der Waals surface area contributed by atoms with Gasteiger partial charge < -0.3 is 15.8 Å². The summed E-state index contributed by atoms with van der Waals surface area (Å²) < 4.78 is 5.62. The lowest BCUT2D eigenvalue weighted by Crippen LogP contribution is -2.30. The number of nitrogens with one attached hydrogen (secondary N) is 1. The Hall–Kier alpha value is -0.930. The van der Waals surface area contributed by atoms with Gasteiger partial charge in [-0.25, -0.2) is 0 Å². The second kappa shape index (κ2) is 4.93. The quantitative estimate of drug-likeness (QED) is 0.799. The summed E-state index contributed by atoms with van der Waals surface area (Å²) in [5, 5.41) is 4.03. The molecule has 1 aromatic carbocycles. The maximum absolute atomic E-state index is 5.88. The number of nitrogens with two attached hydrogens (primary N) is 1. The highest BCUT2D eigenvalue weighted by molar-refractivity contribution is 6.31. The van der Waals surface area contributed by atoms with Crippen molar-refractivity contribution in [3.8, 4) is 0 Å². The van der Waals surface area contributed by atoms with Gasteiger partial charge in [-0.05, 0) is 38.0 Å². The topological polar surface area (TPSA) is 47.3 Å². The molecule has 0 spiro atoms. The highest BCUT2D eigenvalue weighted by atomic mass is 35.5. The van der Waals surface area contributed by atoms with Crippen LogP contribution >= 0.6 is 11.6 Å². The maximum Gasteiger partial charge on any atom is 0.0774 e. The Morgan fingerprint density at radius 1 is 1.56 bits per heavy atom. The molecule has 4 heteroatoms. The first-order valence-electron chi connectivity index (χ1n) is 5.60. The van der Waals surface area contributed by atoms with Gasteiger partial charge >= 0.3 is 0 Å². The molecule has 2 unspecified atom stereocenters. The lowest BCUT2D eigenvalue weighted by molar-refractivity contribution is 0.0997. The first kappa shape index (κ1) is 11.6. The van der Waals surface area contributed by atoms with Gasteiger partial charge in [0.15, 0.2) is 0 Å². The SMILES string of the molecule is CC(Nc1ccc(Cl)cc1N)C1CCCO1. The standard InChI is InChI=1S/C12H17ClN2O/c1-8(12-3-2-6-16-12)15-11-5-4-9(13)7-10(11)14/h4-5,7-8,12,15H,2-3,6,14H2,1H3. The van der Waals surface area contributed by atoms with Crippen molar-refractivity contribution in [2.45, 2.75) is 31.9 Å². The Morgan fingerprint density at radius 3 is 3.00 bits per heavy atom. The van der Waals surface area contributed by atoms with Crippen molar-refractivity contribution < 1.29 is 4.74 Å². The van der Waals surface area contributed by atoms with E-state index in [2.05, 4.69) is 12.2 Å². The van der Waals surface area contributed by atoms with Gasteiger partial charge in [0.2, 0.25) is 0 Å². The van der Waals surface area contributed by atoms with Crippen molar-refractivity contribution in [1.29, 1.82) is 0 Å². The van der Waals surface area contributed by atoms with Crippen LogP contribution in [0.1, 0.15) is 19.8 Å². The van der Waals surface area contributed by atoms with Crippen LogP contribution in [0, 0.1) is 0 Å². The minimum atomic E-state index is 0.269. The van der Waals surface area contributed by atoms with Crippen LogP contribution < -0.4 is 11.1 Å². The Kier molecular flexibility index (Phi) is 3.56. The Labute approximate surface area is 101 Å². The normalized spacial score (nSPS) is 22.0. The van der Waals surface area contributed by atoms with Crippen molar-refractivity contribution in [3.63, 3.8) is 0 Å². The second-order valence-electron chi connectivity index (χ2n) is 4.22. The van der Waals surface area contributed by atoms with E-state index in [-0.39, 0.29) is 12.1 Å². The summed E-state index contributed by atoms with van der Waals surface area (Å²) in [6, 6.07) is 5.77. The van der Waals surface area contributed by atoms with Crippen LogP contribution in [0.5, 0.6) is 0 Å². The van der Waals surface area contributed by atoms with E-state index in [0.29, 0.717) is 10.7 Å².